The molecular weight excluding hydrogens is 279 g/mol. The molecule has 1 aliphatic heterocycles. The third-order valence-electron chi connectivity index (χ3n) is 4.23. The molecule has 3 nitrogen and oxygen atoms in total. The molecule has 4 heteroatoms. The summed E-state index contributed by atoms with van der Waals surface area (Å²) in [5.41, 5.74) is 1.01. The summed E-state index contributed by atoms with van der Waals surface area (Å²) in [6.45, 7) is 8.01. The zero-order valence-electron chi connectivity index (χ0n) is 13.5. The van der Waals surface area contributed by atoms with Gasteiger partial charge in [-0.15, -0.1) is 0 Å². The van der Waals surface area contributed by atoms with Gasteiger partial charge in [-0.2, -0.15) is 0 Å². The largest absolute Gasteiger partial charge is 0.444 e. The predicted molar refractivity (Wildman–Crippen MR) is 84.0 cm³/mol. The molecule has 1 aromatic heterocycles. The van der Waals surface area contributed by atoms with E-state index in [4.69, 9.17) is 4.42 Å². The molecule has 1 fully saturated rings. The predicted octanol–water partition coefficient (Wildman–Crippen LogP) is 4.45. The van der Waals surface area contributed by atoms with Gasteiger partial charge < -0.3 is 4.42 Å². The lowest BCUT2D eigenvalue weighted by molar-refractivity contribution is 0.217. The molecule has 118 valence electrons. The van der Waals surface area contributed by atoms with Gasteiger partial charge in [0.2, 0.25) is 5.89 Å². The zero-order valence-corrected chi connectivity index (χ0v) is 13.5. The highest BCUT2D eigenvalue weighted by molar-refractivity contribution is 5.21. The Balaban J connectivity index is 1.75. The van der Waals surface area contributed by atoms with Crippen LogP contribution in [0.4, 0.5) is 4.39 Å². The standard InChI is InChI=1S/C18H23FN2O/c1-18(2,3)16-11-20-17(22-16)12-21-9-5-8-15(21)13-6-4-7-14(19)10-13/h4,6-7,10-11,15H,5,8-9,12H2,1-3H3/t15-/m0/s1. The van der Waals surface area contributed by atoms with Gasteiger partial charge in [-0.1, -0.05) is 32.9 Å². The molecule has 3 rings (SSSR count). The molecule has 1 saturated heterocycles. The van der Waals surface area contributed by atoms with Crippen LogP contribution < -0.4 is 0 Å². The van der Waals surface area contributed by atoms with Crippen LogP contribution in [0.3, 0.4) is 0 Å². The summed E-state index contributed by atoms with van der Waals surface area (Å²) >= 11 is 0. The molecular formula is C18H23FN2O. The average molecular weight is 302 g/mol. The summed E-state index contributed by atoms with van der Waals surface area (Å²) in [6, 6.07) is 7.17. The second-order valence-electron chi connectivity index (χ2n) is 7.05. The van der Waals surface area contributed by atoms with Crippen molar-refractivity contribution in [1.29, 1.82) is 0 Å². The molecule has 0 saturated carbocycles. The lowest BCUT2D eigenvalue weighted by Gasteiger charge is -2.23. The molecule has 0 unspecified atom stereocenters. The van der Waals surface area contributed by atoms with Crippen LogP contribution in [-0.2, 0) is 12.0 Å². The molecule has 0 aliphatic carbocycles. The minimum Gasteiger partial charge on any atom is -0.444 e. The number of aromatic nitrogens is 1. The number of halogens is 1. The Labute approximate surface area is 131 Å². The molecule has 2 aromatic rings. The van der Waals surface area contributed by atoms with E-state index in [0.717, 1.165) is 36.6 Å². The first-order chi connectivity index (χ1) is 10.4. The van der Waals surface area contributed by atoms with Crippen molar-refractivity contribution in [1.82, 2.24) is 9.88 Å². The fraction of sp³-hybridized carbons (Fsp3) is 0.500. The fourth-order valence-electron chi connectivity index (χ4n) is 3.01. The Kier molecular flexibility index (Phi) is 4.04. The Morgan fingerprint density at radius 3 is 2.86 bits per heavy atom. The Morgan fingerprint density at radius 1 is 1.36 bits per heavy atom. The Bertz CT molecular complexity index is 645. The third-order valence-corrected chi connectivity index (χ3v) is 4.23. The first-order valence-corrected chi connectivity index (χ1v) is 7.88. The van der Waals surface area contributed by atoms with Gasteiger partial charge in [0.15, 0.2) is 0 Å². The lowest BCUT2D eigenvalue weighted by atomic mass is 9.94. The van der Waals surface area contributed by atoms with E-state index < -0.39 is 0 Å². The maximum Gasteiger partial charge on any atom is 0.208 e. The van der Waals surface area contributed by atoms with E-state index in [2.05, 4.69) is 30.7 Å². The summed E-state index contributed by atoms with van der Waals surface area (Å²) in [4.78, 5) is 6.74. The zero-order chi connectivity index (χ0) is 15.7. The molecule has 22 heavy (non-hydrogen) atoms. The monoisotopic (exact) mass is 302 g/mol. The topological polar surface area (TPSA) is 29.3 Å². The number of benzene rings is 1. The molecule has 0 bridgehead atoms. The van der Waals surface area contributed by atoms with Crippen molar-refractivity contribution in [2.24, 2.45) is 0 Å². The molecule has 2 heterocycles. The molecule has 0 N–H and O–H groups in total. The van der Waals surface area contributed by atoms with Gasteiger partial charge in [0.1, 0.15) is 11.6 Å². The van der Waals surface area contributed by atoms with E-state index >= 15 is 0 Å². The number of likely N-dealkylation sites (tertiary alicyclic amines) is 1. The van der Waals surface area contributed by atoms with Gasteiger partial charge in [0.25, 0.3) is 0 Å². The van der Waals surface area contributed by atoms with Crippen LogP contribution in [0, 0.1) is 5.82 Å². The first kappa shape index (κ1) is 15.2. The normalized spacial score (nSPS) is 19.7. The van der Waals surface area contributed by atoms with Crippen molar-refractivity contribution in [2.45, 2.75) is 51.6 Å². The van der Waals surface area contributed by atoms with E-state index in [-0.39, 0.29) is 17.3 Å². The summed E-state index contributed by atoms with van der Waals surface area (Å²) in [5, 5.41) is 0. The van der Waals surface area contributed by atoms with Crippen LogP contribution in [0.25, 0.3) is 0 Å². The van der Waals surface area contributed by atoms with Crippen LogP contribution in [-0.4, -0.2) is 16.4 Å². The van der Waals surface area contributed by atoms with Crippen LogP contribution in [0.5, 0.6) is 0 Å². The minimum absolute atomic E-state index is 0.0295. The second kappa shape index (κ2) is 5.84. The quantitative estimate of drug-likeness (QED) is 0.839. The number of rotatable bonds is 3. The van der Waals surface area contributed by atoms with Crippen molar-refractivity contribution in [3.05, 3.63) is 53.5 Å². The van der Waals surface area contributed by atoms with E-state index in [9.17, 15) is 4.39 Å². The van der Waals surface area contributed by atoms with E-state index in [0.29, 0.717) is 6.54 Å². The van der Waals surface area contributed by atoms with Crippen molar-refractivity contribution in [2.75, 3.05) is 6.54 Å². The molecule has 0 spiro atoms. The summed E-state index contributed by atoms with van der Waals surface area (Å²) < 4.78 is 19.4. The maximum atomic E-state index is 13.5. The van der Waals surface area contributed by atoms with Crippen molar-refractivity contribution >= 4 is 0 Å². The maximum absolute atomic E-state index is 13.5. The van der Waals surface area contributed by atoms with Crippen LogP contribution in [0.15, 0.2) is 34.9 Å². The lowest BCUT2D eigenvalue weighted by Crippen LogP contribution is -2.23. The minimum atomic E-state index is -0.171. The van der Waals surface area contributed by atoms with Gasteiger partial charge in [0, 0.05) is 11.5 Å². The van der Waals surface area contributed by atoms with E-state index in [1.165, 1.54) is 6.07 Å². The molecule has 0 radical (unpaired) electrons. The van der Waals surface area contributed by atoms with Crippen LogP contribution >= 0.6 is 0 Å². The molecule has 0 amide bonds. The number of oxazole rings is 1. The van der Waals surface area contributed by atoms with Gasteiger partial charge in [0.05, 0.1) is 12.7 Å². The third kappa shape index (κ3) is 3.22. The number of nitrogens with zero attached hydrogens (tertiary/aromatic N) is 2. The highest BCUT2D eigenvalue weighted by atomic mass is 19.1. The van der Waals surface area contributed by atoms with Gasteiger partial charge >= 0.3 is 0 Å². The smallest absolute Gasteiger partial charge is 0.208 e. The summed E-state index contributed by atoms with van der Waals surface area (Å²) in [6.07, 6.45) is 3.99. The Hall–Kier alpha value is -1.68. The molecule has 1 atom stereocenters. The van der Waals surface area contributed by atoms with Gasteiger partial charge in [-0.05, 0) is 37.1 Å². The average Bonchev–Trinajstić information content (AvgIpc) is 3.08. The van der Waals surface area contributed by atoms with Crippen molar-refractivity contribution in [3.8, 4) is 0 Å². The fourth-order valence-corrected chi connectivity index (χ4v) is 3.01. The summed E-state index contributed by atoms with van der Waals surface area (Å²) in [5.74, 6) is 1.48. The van der Waals surface area contributed by atoms with Crippen molar-refractivity contribution < 1.29 is 8.81 Å². The van der Waals surface area contributed by atoms with Crippen molar-refractivity contribution in [3.63, 3.8) is 0 Å². The molecule has 1 aromatic carbocycles. The second-order valence-corrected chi connectivity index (χ2v) is 7.05. The molecule has 1 aliphatic rings. The number of hydrogen-bond acceptors (Lipinski definition) is 3. The Morgan fingerprint density at radius 2 is 2.18 bits per heavy atom. The highest BCUT2D eigenvalue weighted by Gasteiger charge is 2.28. The van der Waals surface area contributed by atoms with E-state index in [1.807, 2.05) is 12.3 Å². The SMILES string of the molecule is CC(C)(C)c1cnc(CN2CCC[C@H]2c2cccc(F)c2)o1. The van der Waals surface area contributed by atoms with Crippen LogP contribution in [0.1, 0.15) is 56.9 Å². The summed E-state index contributed by atoms with van der Waals surface area (Å²) in [7, 11) is 0. The number of hydrogen-bond donors (Lipinski definition) is 0. The van der Waals surface area contributed by atoms with Gasteiger partial charge in [-0.25, -0.2) is 9.37 Å². The van der Waals surface area contributed by atoms with Gasteiger partial charge in [-0.3, -0.25) is 4.90 Å². The first-order valence-electron chi connectivity index (χ1n) is 7.88. The highest BCUT2D eigenvalue weighted by Crippen LogP contribution is 2.33. The van der Waals surface area contributed by atoms with Crippen LogP contribution in [0.2, 0.25) is 0 Å². The van der Waals surface area contributed by atoms with E-state index in [1.54, 1.807) is 12.1 Å².